The summed E-state index contributed by atoms with van der Waals surface area (Å²) >= 11 is 0. The number of amides is 3. The molecule has 4 heterocycles. The van der Waals surface area contributed by atoms with Crippen LogP contribution in [0.2, 0.25) is 0 Å². The highest BCUT2D eigenvalue weighted by atomic mass is 19.4. The number of hydrogen-bond donors (Lipinski definition) is 6. The predicted octanol–water partition coefficient (Wildman–Crippen LogP) is -0.704. The zero-order valence-corrected chi connectivity index (χ0v) is 22.4. The number of benzene rings is 2. The zero-order chi connectivity index (χ0) is 30.9. The van der Waals surface area contributed by atoms with E-state index in [1.165, 1.54) is 47.4 Å². The van der Waals surface area contributed by atoms with Crippen molar-refractivity contribution in [2.75, 3.05) is 13.1 Å². The molecule has 2 saturated heterocycles. The van der Waals surface area contributed by atoms with E-state index < -0.39 is 59.0 Å². The Bertz CT molecular complexity index is 1560. The molecule has 0 bridgehead atoms. The molecule has 16 heteroatoms. The van der Waals surface area contributed by atoms with Crippen molar-refractivity contribution in [1.82, 2.24) is 20.4 Å². The third kappa shape index (κ3) is 4.36. The van der Waals surface area contributed by atoms with E-state index in [9.17, 15) is 37.8 Å². The molecule has 0 aliphatic carbocycles. The van der Waals surface area contributed by atoms with Gasteiger partial charge in [-0.3, -0.25) is 19.3 Å². The Morgan fingerprint density at radius 2 is 1.70 bits per heavy atom. The summed E-state index contributed by atoms with van der Waals surface area (Å²) in [4.78, 5) is 48.8. The first-order chi connectivity index (χ1) is 20.2. The molecule has 0 saturated carbocycles. The molecule has 1 spiro atoms. The lowest BCUT2D eigenvalue weighted by molar-refractivity contribution is -0.230. The van der Waals surface area contributed by atoms with Crippen LogP contribution >= 0.6 is 0 Å². The van der Waals surface area contributed by atoms with Crippen molar-refractivity contribution in [2.45, 2.75) is 48.6 Å². The van der Waals surface area contributed by atoms with Gasteiger partial charge in [0.1, 0.15) is 12.1 Å². The number of halogens is 3. The zero-order valence-electron chi connectivity index (χ0n) is 22.4. The van der Waals surface area contributed by atoms with E-state index in [1.54, 1.807) is 0 Å². The van der Waals surface area contributed by atoms with Gasteiger partial charge < -0.3 is 37.2 Å². The van der Waals surface area contributed by atoms with Gasteiger partial charge in [-0.05, 0) is 29.3 Å². The van der Waals surface area contributed by atoms with Gasteiger partial charge >= 0.3 is 6.18 Å². The van der Waals surface area contributed by atoms with Crippen LogP contribution in [0, 0.1) is 0 Å². The molecule has 4 atom stereocenters. The van der Waals surface area contributed by atoms with E-state index in [0.29, 0.717) is 0 Å². The van der Waals surface area contributed by atoms with Crippen LogP contribution in [-0.4, -0.2) is 92.3 Å². The number of nitrogens with one attached hydrogen (secondary N) is 2. The highest BCUT2D eigenvalue weighted by Gasteiger charge is 2.73. The van der Waals surface area contributed by atoms with Gasteiger partial charge in [0.05, 0.1) is 18.2 Å². The average molecular weight is 601 g/mol. The lowest BCUT2D eigenvalue weighted by Crippen LogP contribution is -2.78. The van der Waals surface area contributed by atoms with Gasteiger partial charge in [0, 0.05) is 24.9 Å². The molecule has 0 aromatic heterocycles. The molecule has 2 fully saturated rings. The maximum absolute atomic E-state index is 13.5. The molecule has 0 radical (unpaired) electrons. The van der Waals surface area contributed by atoms with Crippen LogP contribution in [0.4, 0.5) is 13.2 Å². The van der Waals surface area contributed by atoms with Gasteiger partial charge in [0.2, 0.25) is 17.6 Å². The normalized spacial score (nSPS) is 27.8. The maximum Gasteiger partial charge on any atom is 0.417 e. The van der Waals surface area contributed by atoms with Gasteiger partial charge in [0.25, 0.3) is 5.91 Å². The first kappa shape index (κ1) is 28.4. The maximum atomic E-state index is 13.5. The lowest BCUT2D eigenvalue weighted by atomic mass is 9.84. The highest BCUT2D eigenvalue weighted by molar-refractivity contribution is 6.02. The van der Waals surface area contributed by atoms with Crippen molar-refractivity contribution >= 4 is 29.6 Å². The number of aliphatic imine (C=N–C) groups is 2. The highest BCUT2D eigenvalue weighted by Crippen LogP contribution is 2.45. The smallest absolute Gasteiger partial charge is 0.370 e. The third-order valence-electron chi connectivity index (χ3n) is 8.32. The van der Waals surface area contributed by atoms with Crippen LogP contribution < -0.4 is 22.1 Å². The van der Waals surface area contributed by atoms with Crippen molar-refractivity contribution in [1.29, 1.82) is 0 Å². The van der Waals surface area contributed by atoms with Gasteiger partial charge in [-0.2, -0.15) is 13.2 Å². The van der Waals surface area contributed by atoms with Gasteiger partial charge in [0.15, 0.2) is 17.6 Å². The number of carbonyl (C=O) groups excluding carboxylic acids is 3. The molecule has 0 unspecified atom stereocenters. The van der Waals surface area contributed by atoms with Crippen LogP contribution in [0.15, 0.2) is 58.5 Å². The molecule has 2 aromatic carbocycles. The van der Waals surface area contributed by atoms with E-state index in [-0.39, 0.29) is 54.5 Å². The second kappa shape index (κ2) is 9.67. The Kier molecular flexibility index (Phi) is 6.39. The van der Waals surface area contributed by atoms with Gasteiger partial charge in [-0.25, -0.2) is 9.98 Å². The molecule has 8 N–H and O–H groups in total. The molecule has 3 amide bonds. The number of carbonyl (C=O) groups is 3. The minimum Gasteiger partial charge on any atom is -0.370 e. The summed E-state index contributed by atoms with van der Waals surface area (Å²) < 4.78 is 40.5. The number of rotatable bonds is 5. The Morgan fingerprint density at radius 3 is 2.35 bits per heavy atom. The molecule has 6 rings (SSSR count). The van der Waals surface area contributed by atoms with Crippen LogP contribution in [0.5, 0.6) is 0 Å². The summed E-state index contributed by atoms with van der Waals surface area (Å²) in [5.41, 5.74) is 9.69. The van der Waals surface area contributed by atoms with Crippen molar-refractivity contribution in [2.24, 2.45) is 21.5 Å². The van der Waals surface area contributed by atoms with Crippen LogP contribution in [0.3, 0.4) is 0 Å². The second-order valence-corrected chi connectivity index (χ2v) is 10.8. The average Bonchev–Trinajstić information content (AvgIpc) is 3.55. The quantitative estimate of drug-likeness (QED) is 0.190. The topological polar surface area (TPSA) is 199 Å². The van der Waals surface area contributed by atoms with Crippen LogP contribution in [-0.2, 0) is 15.8 Å². The number of alkyl halides is 3. The summed E-state index contributed by atoms with van der Waals surface area (Å²) in [5, 5.41) is 28.5. The first-order valence-corrected chi connectivity index (χ1v) is 13.3. The molecular formula is C27H27F3N8O5. The molecule has 4 aliphatic rings. The molecule has 2 aromatic rings. The number of hydrogen-bond acceptors (Lipinski definition) is 11. The summed E-state index contributed by atoms with van der Waals surface area (Å²) in [6.45, 7) is -0.459. The summed E-state index contributed by atoms with van der Waals surface area (Å²) in [7, 11) is 0. The minimum absolute atomic E-state index is 0.0451. The summed E-state index contributed by atoms with van der Waals surface area (Å²) in [5.74, 6) is -4.63. The number of nitrogens with two attached hydrogens (primary N) is 2. The Hall–Kier alpha value is -4.70. The van der Waals surface area contributed by atoms with E-state index in [4.69, 9.17) is 11.5 Å². The molecule has 226 valence electrons. The number of aliphatic hydroxyl groups is 2. The SMILES string of the molecule is NC1=N[C@H]2[C@H](CN3C(=O)CCC3=O)N=C(N)N3C[C@H](NC(=O)c4ccc(-c5ccccc5C(F)(F)F)cc4)C(O)(O)[C@]23N1. The van der Waals surface area contributed by atoms with Crippen LogP contribution in [0.25, 0.3) is 11.1 Å². The van der Waals surface area contributed by atoms with Gasteiger partial charge in [-0.1, -0.05) is 30.3 Å². The fraction of sp³-hybridized carbons (Fsp3) is 0.370. The lowest BCUT2D eigenvalue weighted by Gasteiger charge is -2.49. The van der Waals surface area contributed by atoms with Crippen molar-refractivity contribution in [3.63, 3.8) is 0 Å². The predicted molar refractivity (Wildman–Crippen MR) is 145 cm³/mol. The van der Waals surface area contributed by atoms with Gasteiger partial charge in [-0.15, -0.1) is 0 Å². The largest absolute Gasteiger partial charge is 0.417 e. The van der Waals surface area contributed by atoms with Crippen molar-refractivity contribution < 1.29 is 37.8 Å². The monoisotopic (exact) mass is 600 g/mol. The van der Waals surface area contributed by atoms with E-state index in [1.807, 2.05) is 0 Å². The molecular weight excluding hydrogens is 573 g/mol. The molecule has 13 nitrogen and oxygen atoms in total. The Morgan fingerprint density at radius 1 is 1.05 bits per heavy atom. The summed E-state index contributed by atoms with van der Waals surface area (Å²) in [6.07, 6.45) is -4.48. The number of likely N-dealkylation sites (tertiary alicyclic amines) is 1. The van der Waals surface area contributed by atoms with Crippen molar-refractivity contribution in [3.8, 4) is 11.1 Å². The fourth-order valence-electron chi connectivity index (χ4n) is 6.27. The minimum atomic E-state index is -4.57. The Labute approximate surface area is 242 Å². The number of imide groups is 1. The summed E-state index contributed by atoms with van der Waals surface area (Å²) in [6, 6.07) is 6.94. The number of guanidine groups is 2. The fourth-order valence-corrected chi connectivity index (χ4v) is 6.27. The van der Waals surface area contributed by atoms with E-state index in [2.05, 4.69) is 20.6 Å². The first-order valence-electron chi connectivity index (χ1n) is 13.3. The standard InChI is InChI=1S/C27H27F3N8O5/c28-27(29,30)16-4-2-1-3-15(16)13-5-7-14(8-6-13)22(41)34-18-12-38-24(32)33-17(11-37-19(39)9-10-20(37)40)21-25(38,26(18,42)43)36-23(31)35-21/h1-8,17-18,21,42-43H,9-12H2,(H2,32,33)(H,34,41)(H3,31,35,36)/t17-,18-,21-,25-/m0/s1. The Balaban J connectivity index is 1.25. The third-order valence-corrected chi connectivity index (χ3v) is 8.32. The number of nitrogens with zero attached hydrogens (tertiary/aromatic N) is 4. The second-order valence-electron chi connectivity index (χ2n) is 10.8. The van der Waals surface area contributed by atoms with Crippen molar-refractivity contribution in [3.05, 3.63) is 59.7 Å². The van der Waals surface area contributed by atoms with E-state index >= 15 is 0 Å². The van der Waals surface area contributed by atoms with Crippen LogP contribution in [0.1, 0.15) is 28.8 Å². The molecule has 4 aliphatic heterocycles. The van der Waals surface area contributed by atoms with E-state index in [0.717, 1.165) is 11.0 Å². The molecule has 43 heavy (non-hydrogen) atoms.